The number of hydroxylamine groups is 2. The van der Waals surface area contributed by atoms with Crippen LogP contribution in [0.5, 0.6) is 0 Å². The first-order valence-electron chi connectivity index (χ1n) is 8.98. The van der Waals surface area contributed by atoms with E-state index in [-0.39, 0.29) is 48.1 Å². The molecule has 0 aromatic carbocycles. The van der Waals surface area contributed by atoms with Gasteiger partial charge in [0.25, 0.3) is 0 Å². The van der Waals surface area contributed by atoms with E-state index in [9.17, 15) is 22.6 Å². The first-order valence-corrected chi connectivity index (χ1v) is 10.3. The van der Waals surface area contributed by atoms with Crippen molar-refractivity contribution in [2.24, 2.45) is 5.41 Å². The van der Waals surface area contributed by atoms with Crippen molar-refractivity contribution in [3.8, 4) is 0 Å². The number of urea groups is 1. The summed E-state index contributed by atoms with van der Waals surface area (Å²) in [5.74, 6) is -0.213. The fourth-order valence-electron chi connectivity index (χ4n) is 4.87. The molecule has 0 aromatic rings. The molecule has 3 amide bonds. The van der Waals surface area contributed by atoms with Gasteiger partial charge in [-0.2, -0.15) is 9.35 Å². The first-order chi connectivity index (χ1) is 12.2. The van der Waals surface area contributed by atoms with Gasteiger partial charge in [0.2, 0.25) is 16.3 Å². The molecule has 0 radical (unpaired) electrons. The van der Waals surface area contributed by atoms with Crippen molar-refractivity contribution in [2.45, 2.75) is 50.7 Å². The van der Waals surface area contributed by atoms with Crippen molar-refractivity contribution in [3.05, 3.63) is 0 Å². The van der Waals surface area contributed by atoms with E-state index in [2.05, 4.69) is 21.4 Å². The van der Waals surface area contributed by atoms with E-state index in [4.69, 9.17) is 0 Å². The summed E-state index contributed by atoms with van der Waals surface area (Å²) in [6.07, 6.45) is 2.75. The maximum absolute atomic E-state index is 12.6. The fourth-order valence-corrected chi connectivity index (χ4v) is 5.25. The minimum absolute atomic E-state index is 0. The fraction of sp³-hybridized carbons (Fsp3) is 0.867. The van der Waals surface area contributed by atoms with Gasteiger partial charge in [-0.15, -0.1) is 0 Å². The van der Waals surface area contributed by atoms with Gasteiger partial charge in [-0.25, -0.2) is 13.2 Å². The van der Waals surface area contributed by atoms with Crippen LogP contribution in [0.15, 0.2) is 0 Å². The smallest absolute Gasteiger partial charge is 0.724 e. The van der Waals surface area contributed by atoms with Gasteiger partial charge in [-0.3, -0.25) is 4.79 Å². The van der Waals surface area contributed by atoms with Crippen LogP contribution in [0.1, 0.15) is 32.6 Å². The van der Waals surface area contributed by atoms with Crippen LogP contribution in [0.2, 0.25) is 0 Å². The molecule has 27 heavy (non-hydrogen) atoms. The maximum atomic E-state index is 12.6. The van der Waals surface area contributed by atoms with Crippen LogP contribution in [-0.2, 0) is 19.5 Å². The first kappa shape index (κ1) is 21.3. The molecule has 4 rings (SSSR count). The standard InChI is InChI=1S/C15H24N4O6S.Na/c1-2-17-8-15(9-17)5-10(6-15)16-13(20)12-4-3-11-7-18(12)14(21)19(11)25-26(22,23)24;/h10-12H,2-9H2,1H3,(H,16,20)(H,22,23,24);/q;+1/p-1/t11-,12+;/m1./s1. The van der Waals surface area contributed by atoms with Crippen LogP contribution in [0.25, 0.3) is 0 Å². The van der Waals surface area contributed by atoms with Crippen molar-refractivity contribution in [1.82, 2.24) is 20.2 Å². The molecule has 0 aromatic heterocycles. The molecular weight excluding hydrogens is 387 g/mol. The Hall–Kier alpha value is -0.430. The number of carbonyl (C=O) groups is 2. The van der Waals surface area contributed by atoms with E-state index in [1.807, 2.05) is 0 Å². The van der Waals surface area contributed by atoms with Crippen LogP contribution in [0.3, 0.4) is 0 Å². The van der Waals surface area contributed by atoms with Crippen molar-refractivity contribution in [2.75, 3.05) is 26.2 Å². The molecule has 12 heteroatoms. The van der Waals surface area contributed by atoms with Crippen LogP contribution in [0, 0.1) is 5.41 Å². The van der Waals surface area contributed by atoms with Gasteiger partial charge in [0.05, 0.1) is 6.04 Å². The number of rotatable bonds is 5. The molecule has 1 spiro atoms. The molecule has 1 N–H and O–H groups in total. The number of amides is 3. The average molecular weight is 410 g/mol. The van der Waals surface area contributed by atoms with E-state index >= 15 is 0 Å². The van der Waals surface area contributed by atoms with Crippen LogP contribution >= 0.6 is 0 Å². The third-order valence-electron chi connectivity index (χ3n) is 6.07. The van der Waals surface area contributed by atoms with Gasteiger partial charge in [0.1, 0.15) is 6.04 Å². The molecule has 3 heterocycles. The monoisotopic (exact) mass is 410 g/mol. The molecule has 0 unspecified atom stereocenters. The van der Waals surface area contributed by atoms with Crippen molar-refractivity contribution in [1.29, 1.82) is 0 Å². The second kappa shape index (κ2) is 7.43. The summed E-state index contributed by atoms with van der Waals surface area (Å²) in [5.41, 5.74) is 0.349. The van der Waals surface area contributed by atoms with Gasteiger partial charge in [0, 0.05) is 25.7 Å². The second-order valence-corrected chi connectivity index (χ2v) is 8.87. The third kappa shape index (κ3) is 4.00. The summed E-state index contributed by atoms with van der Waals surface area (Å²) in [7, 11) is -5.02. The van der Waals surface area contributed by atoms with E-state index < -0.39 is 28.5 Å². The summed E-state index contributed by atoms with van der Waals surface area (Å²) in [6.45, 7) is 5.55. The molecule has 4 fully saturated rings. The normalized spacial score (nSPS) is 29.9. The van der Waals surface area contributed by atoms with Crippen molar-refractivity contribution < 1.29 is 56.4 Å². The van der Waals surface area contributed by atoms with Crippen molar-refractivity contribution in [3.63, 3.8) is 0 Å². The molecule has 1 aliphatic carbocycles. The van der Waals surface area contributed by atoms with Crippen LogP contribution in [0.4, 0.5) is 4.79 Å². The summed E-state index contributed by atoms with van der Waals surface area (Å²) in [4.78, 5) is 28.6. The third-order valence-corrected chi connectivity index (χ3v) is 6.41. The number of fused-ring (bicyclic) bond motifs is 2. The number of likely N-dealkylation sites (tertiary alicyclic amines) is 1. The van der Waals surface area contributed by atoms with Gasteiger partial charge >= 0.3 is 35.6 Å². The summed E-state index contributed by atoms with van der Waals surface area (Å²) < 4.78 is 36.6. The zero-order valence-electron chi connectivity index (χ0n) is 15.6. The molecule has 3 aliphatic heterocycles. The Bertz CT molecular complexity index is 720. The summed E-state index contributed by atoms with van der Waals surface area (Å²) in [5, 5.41) is 3.62. The van der Waals surface area contributed by atoms with Crippen LogP contribution < -0.4 is 34.9 Å². The molecular formula is C15H23N4NaO6S. The Morgan fingerprint density at radius 3 is 2.59 bits per heavy atom. The minimum Gasteiger partial charge on any atom is -0.724 e. The number of hydrogen-bond acceptors (Lipinski definition) is 7. The second-order valence-electron chi connectivity index (χ2n) is 7.91. The maximum Gasteiger partial charge on any atom is 1.00 e. The zero-order chi connectivity index (χ0) is 18.7. The SMILES string of the molecule is CCN1CC2(CC(NC(=O)[C@@H]3CC[C@@H]4CN3C(=O)N4OS(=O)(=O)[O-])C2)C1.[Na+]. The van der Waals surface area contributed by atoms with E-state index in [0.29, 0.717) is 23.3 Å². The van der Waals surface area contributed by atoms with Gasteiger partial charge in [0.15, 0.2) is 0 Å². The largest absolute Gasteiger partial charge is 1.00 e. The Kier molecular flexibility index (Phi) is 5.86. The van der Waals surface area contributed by atoms with Gasteiger partial charge in [-0.1, -0.05) is 6.92 Å². The minimum atomic E-state index is -5.02. The van der Waals surface area contributed by atoms with Crippen molar-refractivity contribution >= 4 is 22.3 Å². The summed E-state index contributed by atoms with van der Waals surface area (Å²) >= 11 is 0. The Morgan fingerprint density at radius 1 is 1.33 bits per heavy atom. The number of hydrogen-bond donors (Lipinski definition) is 1. The number of piperidine rings is 1. The zero-order valence-corrected chi connectivity index (χ0v) is 18.4. The van der Waals surface area contributed by atoms with Gasteiger partial charge in [-0.05, 0) is 37.6 Å². The molecule has 3 saturated heterocycles. The quantitative estimate of drug-likeness (QED) is 0.281. The molecule has 2 bridgehead atoms. The van der Waals surface area contributed by atoms with E-state index in [1.165, 1.54) is 4.90 Å². The number of nitrogens with zero attached hydrogens (tertiary/aromatic N) is 3. The van der Waals surface area contributed by atoms with E-state index in [1.54, 1.807) is 0 Å². The topological polar surface area (TPSA) is 122 Å². The molecule has 146 valence electrons. The van der Waals surface area contributed by atoms with E-state index in [0.717, 1.165) is 32.5 Å². The van der Waals surface area contributed by atoms with Crippen LogP contribution in [-0.4, -0.2) is 84.1 Å². The predicted molar refractivity (Wildman–Crippen MR) is 87.2 cm³/mol. The molecule has 2 atom stereocenters. The number of nitrogens with one attached hydrogen (secondary N) is 1. The number of carbonyl (C=O) groups excluding carboxylic acids is 2. The van der Waals surface area contributed by atoms with Gasteiger partial charge < -0.3 is 19.7 Å². The average Bonchev–Trinajstić information content (AvgIpc) is 2.72. The Balaban J connectivity index is 0.00000210. The predicted octanol–water partition coefficient (Wildman–Crippen LogP) is -3.75. The molecule has 1 saturated carbocycles. The molecule has 10 nitrogen and oxygen atoms in total. The molecule has 4 aliphatic rings. The Labute approximate surface area is 180 Å². The Morgan fingerprint density at radius 2 is 2.00 bits per heavy atom. The summed E-state index contributed by atoms with van der Waals surface area (Å²) in [6, 6.07) is -1.77.